The van der Waals surface area contributed by atoms with Crippen molar-refractivity contribution >= 4 is 22.6 Å². The van der Waals surface area contributed by atoms with Crippen LogP contribution in [0.4, 0.5) is 0 Å². The fraction of sp³-hybridized carbons (Fsp3) is 0.400. The minimum atomic E-state index is -0.418. The monoisotopic (exact) mass is 434 g/mol. The van der Waals surface area contributed by atoms with E-state index in [1.54, 1.807) is 13.3 Å². The zero-order chi connectivity index (χ0) is 22.6. The number of methoxy groups -OCH3 is 1. The van der Waals surface area contributed by atoms with Crippen LogP contribution in [0.1, 0.15) is 43.7 Å². The van der Waals surface area contributed by atoms with Gasteiger partial charge in [0.15, 0.2) is 0 Å². The molecule has 4 rings (SSSR count). The molecule has 32 heavy (non-hydrogen) atoms. The third-order valence-electron chi connectivity index (χ3n) is 6.29. The molecule has 0 saturated carbocycles. The van der Waals surface area contributed by atoms with Crippen LogP contribution >= 0.6 is 0 Å². The number of aromatic nitrogens is 2. The first-order chi connectivity index (χ1) is 15.5. The fourth-order valence-electron chi connectivity index (χ4n) is 4.53. The Morgan fingerprint density at radius 1 is 1.25 bits per heavy atom. The summed E-state index contributed by atoms with van der Waals surface area (Å²) in [7, 11) is 1.67. The van der Waals surface area contributed by atoms with E-state index in [-0.39, 0.29) is 11.8 Å². The van der Waals surface area contributed by atoms with Crippen LogP contribution in [0, 0.1) is 0 Å². The number of amides is 2. The van der Waals surface area contributed by atoms with Gasteiger partial charge < -0.3 is 15.4 Å². The normalized spacial score (nSPS) is 18.0. The quantitative estimate of drug-likeness (QED) is 0.541. The van der Waals surface area contributed by atoms with Gasteiger partial charge in [-0.2, -0.15) is 5.10 Å². The molecule has 168 valence electrons. The minimum absolute atomic E-state index is 0.0191. The second-order valence-corrected chi connectivity index (χ2v) is 8.46. The summed E-state index contributed by atoms with van der Waals surface area (Å²) in [6, 6.07) is 12.2. The summed E-state index contributed by atoms with van der Waals surface area (Å²) in [6.07, 6.45) is 6.56. The molecule has 1 aromatic heterocycles. The SMILES string of the molecule is CCn1cc(CNC(=O)CC[C@@]2(Cc3ccc(OC)c4ccccc34)CCC(=O)N2)cn1. The molecular formula is C25H30N4O3. The van der Waals surface area contributed by atoms with Gasteiger partial charge in [0, 0.05) is 48.6 Å². The summed E-state index contributed by atoms with van der Waals surface area (Å²) in [5, 5.41) is 12.6. The van der Waals surface area contributed by atoms with E-state index in [9.17, 15) is 9.59 Å². The van der Waals surface area contributed by atoms with E-state index in [1.165, 1.54) is 0 Å². The molecule has 2 amide bonds. The maximum absolute atomic E-state index is 12.6. The molecule has 0 spiro atoms. The van der Waals surface area contributed by atoms with E-state index < -0.39 is 5.54 Å². The van der Waals surface area contributed by atoms with Gasteiger partial charge >= 0.3 is 0 Å². The lowest BCUT2D eigenvalue weighted by Crippen LogP contribution is -2.44. The zero-order valence-corrected chi connectivity index (χ0v) is 18.7. The molecule has 1 atom stereocenters. The summed E-state index contributed by atoms with van der Waals surface area (Å²) in [6.45, 7) is 3.29. The van der Waals surface area contributed by atoms with Gasteiger partial charge in [-0.25, -0.2) is 0 Å². The van der Waals surface area contributed by atoms with Gasteiger partial charge in [-0.3, -0.25) is 14.3 Å². The van der Waals surface area contributed by atoms with Gasteiger partial charge in [-0.05, 0) is 43.2 Å². The van der Waals surface area contributed by atoms with Gasteiger partial charge in [0.25, 0.3) is 0 Å². The Morgan fingerprint density at radius 3 is 2.75 bits per heavy atom. The van der Waals surface area contributed by atoms with E-state index in [0.29, 0.717) is 32.2 Å². The molecule has 7 nitrogen and oxygen atoms in total. The summed E-state index contributed by atoms with van der Waals surface area (Å²) in [5.41, 5.74) is 1.71. The summed E-state index contributed by atoms with van der Waals surface area (Å²) < 4.78 is 7.35. The molecule has 0 radical (unpaired) electrons. The largest absolute Gasteiger partial charge is 0.496 e. The number of carbonyl (C=O) groups excluding carboxylic acids is 2. The van der Waals surface area contributed by atoms with Crippen molar-refractivity contribution in [2.24, 2.45) is 0 Å². The van der Waals surface area contributed by atoms with Crippen LogP contribution in [0.5, 0.6) is 5.75 Å². The highest BCUT2D eigenvalue weighted by Crippen LogP contribution is 2.34. The first-order valence-corrected chi connectivity index (χ1v) is 11.2. The first kappa shape index (κ1) is 21.9. The van der Waals surface area contributed by atoms with Gasteiger partial charge in [-0.1, -0.05) is 30.3 Å². The molecule has 2 N–H and O–H groups in total. The zero-order valence-electron chi connectivity index (χ0n) is 18.7. The molecule has 1 fully saturated rings. The summed E-state index contributed by atoms with van der Waals surface area (Å²) in [4.78, 5) is 24.7. The lowest BCUT2D eigenvalue weighted by Gasteiger charge is -2.30. The number of aryl methyl sites for hydroxylation is 1. The molecule has 1 aliphatic rings. The summed E-state index contributed by atoms with van der Waals surface area (Å²) >= 11 is 0. The molecule has 1 aliphatic heterocycles. The molecule has 0 bridgehead atoms. The van der Waals surface area contributed by atoms with Crippen LogP contribution in [-0.4, -0.2) is 34.2 Å². The van der Waals surface area contributed by atoms with Gasteiger partial charge in [0.05, 0.1) is 13.3 Å². The lowest BCUT2D eigenvalue weighted by molar-refractivity contribution is -0.122. The Morgan fingerprint density at radius 2 is 2.06 bits per heavy atom. The molecule has 0 aliphatic carbocycles. The van der Waals surface area contributed by atoms with E-state index in [4.69, 9.17) is 4.74 Å². The topological polar surface area (TPSA) is 85.2 Å². The van der Waals surface area contributed by atoms with Crippen LogP contribution in [0.2, 0.25) is 0 Å². The predicted octanol–water partition coefficient (Wildman–Crippen LogP) is 3.35. The number of hydrogen-bond acceptors (Lipinski definition) is 4. The smallest absolute Gasteiger partial charge is 0.220 e. The van der Waals surface area contributed by atoms with E-state index in [2.05, 4.69) is 27.9 Å². The van der Waals surface area contributed by atoms with Crippen LogP contribution in [-0.2, 0) is 29.1 Å². The number of nitrogens with zero attached hydrogens (tertiary/aromatic N) is 2. The Balaban J connectivity index is 1.46. The molecule has 3 aromatic rings. The number of fused-ring (bicyclic) bond motifs is 1. The molecular weight excluding hydrogens is 404 g/mol. The maximum atomic E-state index is 12.6. The average molecular weight is 435 g/mol. The van der Waals surface area contributed by atoms with Crippen molar-refractivity contribution in [2.45, 2.75) is 57.7 Å². The van der Waals surface area contributed by atoms with E-state index in [1.807, 2.05) is 42.1 Å². The number of rotatable bonds is 9. The molecule has 1 saturated heterocycles. The Bertz CT molecular complexity index is 1120. The molecule has 7 heteroatoms. The maximum Gasteiger partial charge on any atom is 0.220 e. The minimum Gasteiger partial charge on any atom is -0.496 e. The van der Waals surface area contributed by atoms with Crippen molar-refractivity contribution in [1.29, 1.82) is 0 Å². The van der Waals surface area contributed by atoms with Crippen LogP contribution in [0.25, 0.3) is 10.8 Å². The fourth-order valence-corrected chi connectivity index (χ4v) is 4.53. The molecule has 2 aromatic carbocycles. The highest BCUT2D eigenvalue weighted by Gasteiger charge is 2.38. The number of ether oxygens (including phenoxy) is 1. The van der Waals surface area contributed by atoms with E-state index in [0.717, 1.165) is 40.6 Å². The second-order valence-electron chi connectivity index (χ2n) is 8.46. The van der Waals surface area contributed by atoms with Crippen molar-refractivity contribution < 1.29 is 14.3 Å². The number of benzene rings is 2. The number of hydrogen-bond donors (Lipinski definition) is 2. The lowest BCUT2D eigenvalue weighted by atomic mass is 9.83. The standard InChI is InChI=1S/C25H30N4O3/c1-3-29-17-18(16-27-29)15-26-23(30)10-12-25(13-11-24(31)28-25)14-19-8-9-22(32-2)21-7-5-4-6-20(19)21/h4-9,16-17H,3,10-15H2,1-2H3,(H,26,30)(H,28,31)/t25-/m0/s1. The van der Waals surface area contributed by atoms with Crippen LogP contribution < -0.4 is 15.4 Å². The first-order valence-electron chi connectivity index (χ1n) is 11.2. The van der Waals surface area contributed by atoms with Crippen molar-refractivity contribution in [3.05, 3.63) is 59.9 Å². The average Bonchev–Trinajstić information content (AvgIpc) is 3.43. The Hall–Kier alpha value is -3.35. The van der Waals surface area contributed by atoms with Gasteiger partial charge in [0.1, 0.15) is 5.75 Å². The van der Waals surface area contributed by atoms with Crippen molar-refractivity contribution in [1.82, 2.24) is 20.4 Å². The highest BCUT2D eigenvalue weighted by molar-refractivity contribution is 5.91. The molecule has 0 unspecified atom stereocenters. The van der Waals surface area contributed by atoms with Gasteiger partial charge in [-0.15, -0.1) is 0 Å². The van der Waals surface area contributed by atoms with Crippen LogP contribution in [0.15, 0.2) is 48.8 Å². The second kappa shape index (κ2) is 9.42. The van der Waals surface area contributed by atoms with Crippen molar-refractivity contribution in [3.8, 4) is 5.75 Å². The highest BCUT2D eigenvalue weighted by atomic mass is 16.5. The number of carbonyl (C=O) groups is 2. The Labute approximate surface area is 188 Å². The van der Waals surface area contributed by atoms with Crippen molar-refractivity contribution in [2.75, 3.05) is 7.11 Å². The predicted molar refractivity (Wildman–Crippen MR) is 123 cm³/mol. The van der Waals surface area contributed by atoms with Gasteiger partial charge in [0.2, 0.25) is 11.8 Å². The third-order valence-corrected chi connectivity index (χ3v) is 6.29. The molecule has 2 heterocycles. The third kappa shape index (κ3) is 4.77. The summed E-state index contributed by atoms with van der Waals surface area (Å²) in [5.74, 6) is 0.865. The number of nitrogens with one attached hydrogen (secondary N) is 2. The van der Waals surface area contributed by atoms with Crippen molar-refractivity contribution in [3.63, 3.8) is 0 Å². The van der Waals surface area contributed by atoms with Crippen LogP contribution in [0.3, 0.4) is 0 Å². The van der Waals surface area contributed by atoms with E-state index >= 15 is 0 Å². The Kier molecular flexibility index (Phi) is 6.44.